The molecule has 2 aromatic heterocycles. The highest BCUT2D eigenvalue weighted by molar-refractivity contribution is 5.79. The van der Waals surface area contributed by atoms with E-state index in [4.69, 9.17) is 13.9 Å². The van der Waals surface area contributed by atoms with E-state index in [9.17, 15) is 4.79 Å². The van der Waals surface area contributed by atoms with Crippen LogP contribution in [0.25, 0.3) is 11.3 Å². The van der Waals surface area contributed by atoms with Gasteiger partial charge in [0.25, 0.3) is 0 Å². The maximum Gasteiger partial charge on any atom is 0.225 e. The van der Waals surface area contributed by atoms with Crippen molar-refractivity contribution in [2.24, 2.45) is 5.92 Å². The second-order valence-electron chi connectivity index (χ2n) is 5.82. The molecular weight excluding hydrogens is 300 g/mol. The molecule has 0 saturated carbocycles. The lowest BCUT2D eigenvalue weighted by Gasteiger charge is -2.24. The lowest BCUT2D eigenvalue weighted by Crippen LogP contribution is -2.41. The molecule has 2 aliphatic heterocycles. The number of ether oxygens (including phenoxy) is 2. The summed E-state index contributed by atoms with van der Waals surface area (Å²) in [6, 6.07) is 1.85. The molecule has 4 heterocycles. The summed E-state index contributed by atoms with van der Waals surface area (Å²) in [6.07, 6.45) is 3.93. The molecule has 0 aliphatic carbocycles. The molecule has 2 aliphatic rings. The first-order chi connectivity index (χ1) is 11.3. The van der Waals surface area contributed by atoms with Gasteiger partial charge in [-0.25, -0.2) is 4.68 Å². The Bertz CT molecular complexity index is 676. The number of nitrogens with one attached hydrogen (secondary N) is 1. The van der Waals surface area contributed by atoms with Crippen molar-refractivity contribution in [3.8, 4) is 11.3 Å². The highest BCUT2D eigenvalue weighted by Gasteiger charge is 2.27. The van der Waals surface area contributed by atoms with E-state index in [1.54, 1.807) is 12.5 Å². The number of hydrogen-bond acceptors (Lipinski definition) is 6. The summed E-state index contributed by atoms with van der Waals surface area (Å²) >= 11 is 0. The Kier molecular flexibility index (Phi) is 3.84. The first kappa shape index (κ1) is 14.4. The van der Waals surface area contributed by atoms with Gasteiger partial charge in [0.15, 0.2) is 0 Å². The zero-order chi connectivity index (χ0) is 15.6. The summed E-state index contributed by atoms with van der Waals surface area (Å²) < 4.78 is 18.0. The van der Waals surface area contributed by atoms with E-state index < -0.39 is 0 Å². The van der Waals surface area contributed by atoms with Crippen LogP contribution in [0.3, 0.4) is 0 Å². The smallest absolute Gasteiger partial charge is 0.225 e. The van der Waals surface area contributed by atoms with Gasteiger partial charge in [0, 0.05) is 18.7 Å². The molecule has 1 amide bonds. The molecule has 0 aromatic carbocycles. The van der Waals surface area contributed by atoms with E-state index in [0.29, 0.717) is 32.9 Å². The van der Waals surface area contributed by atoms with Crippen molar-refractivity contribution in [1.82, 2.24) is 20.3 Å². The van der Waals surface area contributed by atoms with Gasteiger partial charge in [-0.15, -0.1) is 5.10 Å². The zero-order valence-corrected chi connectivity index (χ0v) is 12.6. The van der Waals surface area contributed by atoms with Crippen LogP contribution >= 0.6 is 0 Å². The van der Waals surface area contributed by atoms with Gasteiger partial charge < -0.3 is 19.2 Å². The maximum atomic E-state index is 12.0. The van der Waals surface area contributed by atoms with Gasteiger partial charge in [0.2, 0.25) is 5.91 Å². The minimum Gasteiger partial charge on any atom is -0.472 e. The van der Waals surface area contributed by atoms with Gasteiger partial charge in [-0.2, -0.15) is 0 Å². The molecule has 0 bridgehead atoms. The average Bonchev–Trinajstić information content (AvgIpc) is 3.32. The molecule has 2 unspecified atom stereocenters. The number of carbonyl (C=O) groups is 1. The van der Waals surface area contributed by atoms with Crippen molar-refractivity contribution in [3.63, 3.8) is 0 Å². The van der Waals surface area contributed by atoms with Crippen LogP contribution in [0.4, 0.5) is 0 Å². The third-order valence-electron chi connectivity index (χ3n) is 4.27. The van der Waals surface area contributed by atoms with Crippen LogP contribution in [-0.2, 0) is 27.4 Å². The van der Waals surface area contributed by atoms with Crippen molar-refractivity contribution in [1.29, 1.82) is 0 Å². The molecule has 4 rings (SSSR count). The predicted octanol–water partition coefficient (Wildman–Crippen LogP) is 0.590. The monoisotopic (exact) mass is 318 g/mol. The summed E-state index contributed by atoms with van der Waals surface area (Å²) in [6.45, 7) is 2.63. The number of hydrogen-bond donors (Lipinski definition) is 1. The highest BCUT2D eigenvalue weighted by atomic mass is 16.5. The van der Waals surface area contributed by atoms with Gasteiger partial charge in [-0.3, -0.25) is 4.79 Å². The summed E-state index contributed by atoms with van der Waals surface area (Å²) in [4.78, 5) is 12.0. The fraction of sp³-hybridized carbons (Fsp3) is 0.533. The molecule has 2 aromatic rings. The number of furan rings is 1. The van der Waals surface area contributed by atoms with Crippen LogP contribution < -0.4 is 5.32 Å². The van der Waals surface area contributed by atoms with Crippen molar-refractivity contribution >= 4 is 5.91 Å². The Morgan fingerprint density at radius 1 is 1.48 bits per heavy atom. The first-order valence-electron chi connectivity index (χ1n) is 7.73. The van der Waals surface area contributed by atoms with Crippen LogP contribution in [0.1, 0.15) is 12.1 Å². The Hall–Kier alpha value is -2.19. The van der Waals surface area contributed by atoms with Crippen LogP contribution in [0, 0.1) is 5.92 Å². The standard InChI is InChI=1S/C15H18N4O4/c20-15(11-2-4-22-8-11)16-5-12-6-19-13(9-23-12)14(17-18-19)10-1-3-21-7-10/h1,3,7,11-12H,2,4-6,8-9H2,(H,16,20). The molecule has 8 nitrogen and oxygen atoms in total. The lowest BCUT2D eigenvalue weighted by atomic mass is 10.1. The zero-order valence-electron chi connectivity index (χ0n) is 12.6. The largest absolute Gasteiger partial charge is 0.472 e. The number of carbonyl (C=O) groups excluding carboxylic acids is 1. The van der Waals surface area contributed by atoms with E-state index in [0.717, 1.165) is 23.4 Å². The fourth-order valence-electron chi connectivity index (χ4n) is 2.91. The Morgan fingerprint density at radius 3 is 3.22 bits per heavy atom. The lowest BCUT2D eigenvalue weighted by molar-refractivity contribution is -0.126. The highest BCUT2D eigenvalue weighted by Crippen LogP contribution is 2.25. The van der Waals surface area contributed by atoms with Gasteiger partial charge >= 0.3 is 0 Å². The van der Waals surface area contributed by atoms with Crippen molar-refractivity contribution in [2.45, 2.75) is 25.7 Å². The first-order valence-corrected chi connectivity index (χ1v) is 7.73. The SMILES string of the molecule is O=C(NCC1Cn2nnc(-c3ccoc3)c2CO1)C1CCOC1. The Balaban J connectivity index is 1.37. The van der Waals surface area contributed by atoms with Crippen LogP contribution in [0.15, 0.2) is 23.0 Å². The van der Waals surface area contributed by atoms with Crippen molar-refractivity contribution in [2.75, 3.05) is 19.8 Å². The number of aromatic nitrogens is 3. The molecule has 8 heteroatoms. The molecule has 0 spiro atoms. The second-order valence-corrected chi connectivity index (χ2v) is 5.82. The average molecular weight is 318 g/mol. The second kappa shape index (κ2) is 6.13. The van der Waals surface area contributed by atoms with Crippen LogP contribution in [-0.4, -0.2) is 46.8 Å². The molecule has 1 N–H and O–H groups in total. The fourth-order valence-corrected chi connectivity index (χ4v) is 2.91. The molecule has 0 radical (unpaired) electrons. The third kappa shape index (κ3) is 2.87. The van der Waals surface area contributed by atoms with Gasteiger partial charge in [-0.05, 0) is 12.5 Å². The molecule has 23 heavy (non-hydrogen) atoms. The van der Waals surface area contributed by atoms with Gasteiger partial charge in [0.1, 0.15) is 5.69 Å². The van der Waals surface area contributed by atoms with E-state index in [1.807, 2.05) is 10.7 Å². The van der Waals surface area contributed by atoms with Crippen molar-refractivity contribution in [3.05, 3.63) is 24.3 Å². The number of fused-ring (bicyclic) bond motifs is 1. The molecule has 1 fully saturated rings. The van der Waals surface area contributed by atoms with E-state index in [2.05, 4.69) is 15.6 Å². The minimum atomic E-state index is -0.104. The van der Waals surface area contributed by atoms with E-state index >= 15 is 0 Å². The molecule has 1 saturated heterocycles. The van der Waals surface area contributed by atoms with Crippen molar-refractivity contribution < 1.29 is 18.7 Å². The predicted molar refractivity (Wildman–Crippen MR) is 78.2 cm³/mol. The third-order valence-corrected chi connectivity index (χ3v) is 4.27. The Morgan fingerprint density at radius 2 is 2.43 bits per heavy atom. The molecule has 2 atom stereocenters. The quantitative estimate of drug-likeness (QED) is 0.887. The summed E-state index contributed by atoms with van der Waals surface area (Å²) in [5, 5.41) is 11.3. The Labute approximate surface area is 132 Å². The summed E-state index contributed by atoms with van der Waals surface area (Å²) in [7, 11) is 0. The maximum absolute atomic E-state index is 12.0. The normalized spacial score (nSPS) is 23.7. The minimum absolute atomic E-state index is 0.0341. The molecular formula is C15H18N4O4. The molecule has 122 valence electrons. The van der Waals surface area contributed by atoms with Crippen LogP contribution in [0.5, 0.6) is 0 Å². The summed E-state index contributed by atoms with van der Waals surface area (Å²) in [5.41, 5.74) is 2.60. The summed E-state index contributed by atoms with van der Waals surface area (Å²) in [5.74, 6) is 0.00258. The van der Waals surface area contributed by atoms with Gasteiger partial charge in [0.05, 0.1) is 50.0 Å². The number of nitrogens with zero attached hydrogens (tertiary/aromatic N) is 3. The van der Waals surface area contributed by atoms with Crippen LogP contribution in [0.2, 0.25) is 0 Å². The number of amides is 1. The topological polar surface area (TPSA) is 91.4 Å². The van der Waals surface area contributed by atoms with E-state index in [-0.39, 0.29) is 17.9 Å². The number of rotatable bonds is 4. The van der Waals surface area contributed by atoms with E-state index in [1.165, 1.54) is 0 Å². The van der Waals surface area contributed by atoms with Gasteiger partial charge in [-0.1, -0.05) is 5.21 Å².